The molecule has 1 aromatic carbocycles. The van der Waals surface area contributed by atoms with Gasteiger partial charge in [-0.1, -0.05) is 24.3 Å². The summed E-state index contributed by atoms with van der Waals surface area (Å²) in [6.07, 6.45) is 4.60. The number of carbonyl (C=O) groups excluding carboxylic acids is 1. The Hall–Kier alpha value is -2.25. The fourth-order valence-corrected chi connectivity index (χ4v) is 4.26. The highest BCUT2D eigenvalue weighted by Crippen LogP contribution is 2.27. The molecule has 0 bridgehead atoms. The quantitative estimate of drug-likeness (QED) is 0.754. The van der Waals surface area contributed by atoms with E-state index < -0.39 is 0 Å². The minimum Gasteiger partial charge on any atom is -0.355 e. The van der Waals surface area contributed by atoms with Gasteiger partial charge in [0.25, 0.3) is 5.91 Å². The van der Waals surface area contributed by atoms with Crippen LogP contribution in [0.4, 0.5) is 5.82 Å². The molecule has 7 nitrogen and oxygen atoms in total. The third kappa shape index (κ3) is 4.85. The summed E-state index contributed by atoms with van der Waals surface area (Å²) in [6.45, 7) is 8.17. The second-order valence-electron chi connectivity index (χ2n) is 8.22. The molecular formula is C22H32N6O. The topological polar surface area (TPSA) is 64.6 Å². The monoisotopic (exact) mass is 396 g/mol. The molecule has 2 aliphatic heterocycles. The van der Waals surface area contributed by atoms with Crippen LogP contribution in [0.3, 0.4) is 0 Å². The predicted molar refractivity (Wildman–Crippen MR) is 116 cm³/mol. The number of amides is 1. The summed E-state index contributed by atoms with van der Waals surface area (Å²) in [7, 11) is 2.17. The molecule has 2 aliphatic rings. The van der Waals surface area contributed by atoms with Crippen LogP contribution in [0.2, 0.25) is 0 Å². The molecule has 1 aromatic heterocycles. The van der Waals surface area contributed by atoms with Crippen LogP contribution in [-0.2, 0) is 0 Å². The third-order valence-corrected chi connectivity index (χ3v) is 6.07. The van der Waals surface area contributed by atoms with Gasteiger partial charge in [-0.05, 0) is 39.3 Å². The van der Waals surface area contributed by atoms with E-state index >= 15 is 0 Å². The van der Waals surface area contributed by atoms with Gasteiger partial charge >= 0.3 is 0 Å². The maximum atomic E-state index is 12.8. The van der Waals surface area contributed by atoms with Crippen LogP contribution < -0.4 is 10.2 Å². The highest BCUT2D eigenvalue weighted by molar-refractivity contribution is 6.07. The first-order valence-electron chi connectivity index (χ1n) is 10.9. The van der Waals surface area contributed by atoms with Gasteiger partial charge in [-0.2, -0.15) is 0 Å². The van der Waals surface area contributed by atoms with Gasteiger partial charge in [0, 0.05) is 56.6 Å². The Balaban J connectivity index is 1.39. The Morgan fingerprint density at radius 3 is 2.45 bits per heavy atom. The lowest BCUT2D eigenvalue weighted by molar-refractivity contribution is 0.0945. The van der Waals surface area contributed by atoms with Crippen LogP contribution >= 0.6 is 0 Å². The van der Waals surface area contributed by atoms with Gasteiger partial charge in [0.05, 0.1) is 0 Å². The first kappa shape index (κ1) is 20.0. The molecule has 0 atom stereocenters. The molecule has 7 heteroatoms. The van der Waals surface area contributed by atoms with E-state index in [1.807, 2.05) is 18.2 Å². The number of nitrogens with one attached hydrogen (secondary N) is 1. The molecule has 1 N–H and O–H groups in total. The number of likely N-dealkylation sites (N-methyl/N-ethyl adjacent to an activating group) is 1. The summed E-state index contributed by atoms with van der Waals surface area (Å²) in [4.78, 5) is 19.9. The van der Waals surface area contributed by atoms with Crippen LogP contribution in [-0.4, -0.2) is 85.3 Å². The van der Waals surface area contributed by atoms with Crippen molar-refractivity contribution in [1.82, 2.24) is 25.3 Å². The van der Waals surface area contributed by atoms with Crippen LogP contribution in [0.5, 0.6) is 0 Å². The van der Waals surface area contributed by atoms with E-state index in [4.69, 9.17) is 0 Å². The van der Waals surface area contributed by atoms with Crippen molar-refractivity contribution in [2.75, 3.05) is 64.3 Å². The second kappa shape index (κ2) is 9.50. The van der Waals surface area contributed by atoms with Gasteiger partial charge in [-0.25, -0.2) is 0 Å². The molecule has 0 radical (unpaired) electrons. The summed E-state index contributed by atoms with van der Waals surface area (Å²) in [5.41, 5.74) is 0.431. The van der Waals surface area contributed by atoms with Gasteiger partial charge < -0.3 is 20.0 Å². The number of piperazine rings is 1. The van der Waals surface area contributed by atoms with Gasteiger partial charge in [0.2, 0.25) is 0 Å². The maximum absolute atomic E-state index is 12.8. The molecule has 29 heavy (non-hydrogen) atoms. The summed E-state index contributed by atoms with van der Waals surface area (Å²) < 4.78 is 0. The van der Waals surface area contributed by atoms with Crippen LogP contribution in [0.25, 0.3) is 10.8 Å². The van der Waals surface area contributed by atoms with Crippen molar-refractivity contribution in [3.63, 3.8) is 0 Å². The SMILES string of the molecule is CN1CCN(CCCNC(=O)c2nnc(N3CCCCC3)c3ccccc23)CC1. The lowest BCUT2D eigenvalue weighted by Gasteiger charge is -2.32. The van der Waals surface area contributed by atoms with Gasteiger partial charge in [-0.15, -0.1) is 10.2 Å². The lowest BCUT2D eigenvalue weighted by atomic mass is 10.1. The third-order valence-electron chi connectivity index (χ3n) is 6.07. The van der Waals surface area contributed by atoms with E-state index in [1.54, 1.807) is 0 Å². The van der Waals surface area contributed by atoms with Gasteiger partial charge in [-0.3, -0.25) is 4.79 Å². The number of hydrogen-bond donors (Lipinski definition) is 1. The zero-order valence-corrected chi connectivity index (χ0v) is 17.4. The maximum Gasteiger partial charge on any atom is 0.272 e. The number of carbonyl (C=O) groups is 1. The molecule has 0 aliphatic carbocycles. The Morgan fingerprint density at radius 1 is 0.966 bits per heavy atom. The van der Waals surface area contributed by atoms with Crippen molar-refractivity contribution in [3.8, 4) is 0 Å². The summed E-state index contributed by atoms with van der Waals surface area (Å²) in [6, 6.07) is 8.01. The number of rotatable bonds is 6. The van der Waals surface area contributed by atoms with Crippen LogP contribution in [0.1, 0.15) is 36.2 Å². The molecule has 2 aromatic rings. The predicted octanol–water partition coefficient (Wildman–Crippen LogP) is 1.99. The zero-order chi connectivity index (χ0) is 20.1. The first-order chi connectivity index (χ1) is 14.2. The van der Waals surface area contributed by atoms with Crippen molar-refractivity contribution in [2.24, 2.45) is 0 Å². The Bertz CT molecular complexity index is 827. The highest BCUT2D eigenvalue weighted by atomic mass is 16.1. The molecule has 2 fully saturated rings. The second-order valence-corrected chi connectivity index (χ2v) is 8.22. The normalized spacial score (nSPS) is 18.9. The number of piperidine rings is 1. The Morgan fingerprint density at radius 2 is 1.69 bits per heavy atom. The molecule has 4 rings (SSSR count). The van der Waals surface area contributed by atoms with Crippen molar-refractivity contribution in [3.05, 3.63) is 30.0 Å². The molecule has 1 amide bonds. The van der Waals surface area contributed by atoms with E-state index in [1.165, 1.54) is 19.3 Å². The summed E-state index contributed by atoms with van der Waals surface area (Å²) >= 11 is 0. The fourth-order valence-electron chi connectivity index (χ4n) is 4.26. The molecule has 156 valence electrons. The fraction of sp³-hybridized carbons (Fsp3) is 0.591. The molecule has 2 saturated heterocycles. The van der Waals surface area contributed by atoms with Crippen molar-refractivity contribution < 1.29 is 4.79 Å². The van der Waals surface area contributed by atoms with E-state index in [9.17, 15) is 4.79 Å². The van der Waals surface area contributed by atoms with Gasteiger partial charge in [0.1, 0.15) is 0 Å². The van der Waals surface area contributed by atoms with Crippen molar-refractivity contribution >= 4 is 22.5 Å². The molecule has 0 saturated carbocycles. The number of hydrogen-bond acceptors (Lipinski definition) is 6. The smallest absolute Gasteiger partial charge is 0.272 e. The van der Waals surface area contributed by atoms with E-state index in [0.717, 1.165) is 68.8 Å². The Kier molecular flexibility index (Phi) is 6.56. The summed E-state index contributed by atoms with van der Waals surface area (Å²) in [5, 5.41) is 13.8. The Labute approximate surface area is 173 Å². The van der Waals surface area contributed by atoms with Crippen LogP contribution in [0.15, 0.2) is 24.3 Å². The van der Waals surface area contributed by atoms with Gasteiger partial charge in [0.15, 0.2) is 11.5 Å². The summed E-state index contributed by atoms with van der Waals surface area (Å²) in [5.74, 6) is 0.782. The molecule has 0 spiro atoms. The standard InChI is InChI=1S/C22H32N6O/c1-26-14-16-27(17-15-26)11-7-10-23-22(29)20-18-8-3-4-9-19(18)21(25-24-20)28-12-5-2-6-13-28/h3-4,8-9H,2,5-7,10-17H2,1H3,(H,23,29). The minimum absolute atomic E-state index is 0.128. The highest BCUT2D eigenvalue weighted by Gasteiger charge is 2.20. The average Bonchev–Trinajstić information content (AvgIpc) is 2.77. The largest absolute Gasteiger partial charge is 0.355 e. The molecular weight excluding hydrogens is 364 g/mol. The molecule has 0 unspecified atom stereocenters. The van der Waals surface area contributed by atoms with Crippen molar-refractivity contribution in [2.45, 2.75) is 25.7 Å². The lowest BCUT2D eigenvalue weighted by Crippen LogP contribution is -2.45. The number of aromatic nitrogens is 2. The van der Waals surface area contributed by atoms with E-state index in [-0.39, 0.29) is 5.91 Å². The first-order valence-corrected chi connectivity index (χ1v) is 10.9. The van der Waals surface area contributed by atoms with E-state index in [0.29, 0.717) is 12.2 Å². The average molecular weight is 397 g/mol. The number of anilines is 1. The number of nitrogens with zero attached hydrogens (tertiary/aromatic N) is 5. The minimum atomic E-state index is -0.128. The number of fused-ring (bicyclic) bond motifs is 1. The van der Waals surface area contributed by atoms with E-state index in [2.05, 4.69) is 43.3 Å². The van der Waals surface area contributed by atoms with Crippen LogP contribution in [0, 0.1) is 0 Å². The zero-order valence-electron chi connectivity index (χ0n) is 17.4. The van der Waals surface area contributed by atoms with Crippen molar-refractivity contribution in [1.29, 1.82) is 0 Å². The number of benzene rings is 1. The molecule has 3 heterocycles.